The van der Waals surface area contributed by atoms with Gasteiger partial charge in [-0.25, -0.2) is 4.98 Å². The van der Waals surface area contributed by atoms with Crippen molar-refractivity contribution in [2.24, 2.45) is 4.99 Å². The lowest BCUT2D eigenvalue weighted by atomic mass is 10.1. The lowest BCUT2D eigenvalue weighted by Gasteiger charge is -2.11. The summed E-state index contributed by atoms with van der Waals surface area (Å²) < 4.78 is 2.01. The van der Waals surface area contributed by atoms with Gasteiger partial charge in [-0.3, -0.25) is 4.99 Å². The summed E-state index contributed by atoms with van der Waals surface area (Å²) in [5, 5.41) is 4.49. The van der Waals surface area contributed by atoms with Gasteiger partial charge in [0.1, 0.15) is 5.82 Å². The average Bonchev–Trinajstić information content (AvgIpc) is 2.66. The maximum atomic E-state index is 4.80. The normalized spacial score (nSPS) is 11.2. The Morgan fingerprint density at radius 1 is 0.815 bits per heavy atom. The van der Waals surface area contributed by atoms with Crippen LogP contribution in [0.1, 0.15) is 5.56 Å². The summed E-state index contributed by atoms with van der Waals surface area (Å²) >= 11 is 6.99. The van der Waals surface area contributed by atoms with Crippen LogP contribution in [0.4, 0.5) is 17.2 Å². The van der Waals surface area contributed by atoms with E-state index < -0.39 is 0 Å². The Bertz CT molecular complexity index is 1140. The van der Waals surface area contributed by atoms with Gasteiger partial charge in [0.05, 0.1) is 11.2 Å². The first-order chi connectivity index (χ1) is 13.2. The predicted molar refractivity (Wildman–Crippen MR) is 121 cm³/mol. The summed E-state index contributed by atoms with van der Waals surface area (Å²) in [7, 11) is 0. The van der Waals surface area contributed by atoms with Gasteiger partial charge in [-0.15, -0.1) is 0 Å². The van der Waals surface area contributed by atoms with Crippen molar-refractivity contribution in [3.05, 3.63) is 93.4 Å². The van der Waals surface area contributed by atoms with Gasteiger partial charge in [0, 0.05) is 31.8 Å². The number of hydrogen-bond donors (Lipinski definition) is 1. The molecule has 0 aliphatic heterocycles. The van der Waals surface area contributed by atoms with Gasteiger partial charge in [-0.1, -0.05) is 62.2 Å². The molecule has 27 heavy (non-hydrogen) atoms. The number of fused-ring (bicyclic) bond motifs is 1. The van der Waals surface area contributed by atoms with Crippen molar-refractivity contribution >= 4 is 66.2 Å². The van der Waals surface area contributed by atoms with Gasteiger partial charge in [-0.2, -0.15) is 0 Å². The topological polar surface area (TPSA) is 37.3 Å². The van der Waals surface area contributed by atoms with Crippen molar-refractivity contribution in [3.63, 3.8) is 0 Å². The fraction of sp³-hybridized carbons (Fsp3) is 0. The lowest BCUT2D eigenvalue weighted by Crippen LogP contribution is -1.99. The zero-order chi connectivity index (χ0) is 18.6. The molecule has 5 heteroatoms. The average molecular weight is 481 g/mol. The van der Waals surface area contributed by atoms with E-state index in [1.54, 1.807) is 0 Å². The zero-order valence-corrected chi connectivity index (χ0v) is 17.4. The Hall–Kier alpha value is -2.50. The van der Waals surface area contributed by atoms with E-state index in [1.165, 1.54) is 0 Å². The first-order valence-corrected chi connectivity index (χ1v) is 9.98. The second-order valence-electron chi connectivity index (χ2n) is 5.99. The maximum Gasteiger partial charge on any atom is 0.139 e. The standard InChI is InChI=1S/C22H15Br2N3/c23-17-6-3-8-19(12-17)25-14-16-11-15-5-1-2-10-21(15)27-22(16)26-20-9-4-7-18(24)13-20/h1-14H,(H,26,27). The molecular weight excluding hydrogens is 466 g/mol. The number of benzene rings is 3. The molecule has 3 aromatic carbocycles. The molecule has 0 unspecified atom stereocenters. The van der Waals surface area contributed by atoms with E-state index >= 15 is 0 Å². The van der Waals surface area contributed by atoms with Gasteiger partial charge in [0.15, 0.2) is 0 Å². The minimum atomic E-state index is 0.769. The lowest BCUT2D eigenvalue weighted by molar-refractivity contribution is 1.36. The number of anilines is 2. The van der Waals surface area contributed by atoms with Crippen LogP contribution < -0.4 is 5.32 Å². The highest BCUT2D eigenvalue weighted by Crippen LogP contribution is 2.25. The number of nitrogens with one attached hydrogen (secondary N) is 1. The molecule has 0 saturated heterocycles. The summed E-state index contributed by atoms with van der Waals surface area (Å²) in [5.74, 6) is 0.769. The summed E-state index contributed by atoms with van der Waals surface area (Å²) in [6, 6.07) is 26.1. The quantitative estimate of drug-likeness (QED) is 0.312. The highest BCUT2D eigenvalue weighted by atomic mass is 79.9. The van der Waals surface area contributed by atoms with Gasteiger partial charge < -0.3 is 5.32 Å². The summed E-state index contributed by atoms with van der Waals surface area (Å²) in [6.07, 6.45) is 1.85. The highest BCUT2D eigenvalue weighted by molar-refractivity contribution is 9.10. The predicted octanol–water partition coefficient (Wildman–Crippen LogP) is 7.25. The van der Waals surface area contributed by atoms with Crippen LogP contribution >= 0.6 is 31.9 Å². The zero-order valence-electron chi connectivity index (χ0n) is 14.2. The third kappa shape index (κ3) is 4.43. The Morgan fingerprint density at radius 2 is 1.59 bits per heavy atom. The number of nitrogens with zero attached hydrogens (tertiary/aromatic N) is 2. The fourth-order valence-electron chi connectivity index (χ4n) is 2.73. The van der Waals surface area contributed by atoms with Crippen molar-refractivity contribution in [3.8, 4) is 0 Å². The van der Waals surface area contributed by atoms with Crippen LogP contribution in [0.15, 0.2) is 92.8 Å². The molecule has 3 nitrogen and oxygen atoms in total. The fourth-order valence-corrected chi connectivity index (χ4v) is 3.52. The Kier molecular flexibility index (Phi) is 5.32. The van der Waals surface area contributed by atoms with Crippen LogP contribution in [0.3, 0.4) is 0 Å². The van der Waals surface area contributed by atoms with Gasteiger partial charge in [0.25, 0.3) is 0 Å². The van der Waals surface area contributed by atoms with E-state index in [9.17, 15) is 0 Å². The van der Waals surface area contributed by atoms with E-state index in [4.69, 9.17) is 4.98 Å². The molecular formula is C22H15Br2N3. The largest absolute Gasteiger partial charge is 0.340 e. The third-order valence-corrected chi connectivity index (χ3v) is 4.99. The molecule has 0 fully saturated rings. The number of hydrogen-bond acceptors (Lipinski definition) is 3. The minimum absolute atomic E-state index is 0.769. The third-order valence-electron chi connectivity index (χ3n) is 4.00. The van der Waals surface area contributed by atoms with Crippen molar-refractivity contribution in [1.82, 2.24) is 4.98 Å². The number of para-hydroxylation sites is 1. The van der Waals surface area contributed by atoms with Crippen molar-refractivity contribution in [1.29, 1.82) is 0 Å². The maximum absolute atomic E-state index is 4.80. The molecule has 0 saturated carbocycles. The van der Waals surface area contributed by atoms with E-state index in [0.717, 1.165) is 42.6 Å². The number of aliphatic imine (C=N–C) groups is 1. The molecule has 0 atom stereocenters. The Balaban J connectivity index is 1.77. The van der Waals surface area contributed by atoms with Crippen LogP contribution in [0.5, 0.6) is 0 Å². The van der Waals surface area contributed by atoms with Crippen LogP contribution in [-0.4, -0.2) is 11.2 Å². The first-order valence-electron chi connectivity index (χ1n) is 8.39. The first kappa shape index (κ1) is 17.9. The van der Waals surface area contributed by atoms with E-state index in [1.807, 2.05) is 72.9 Å². The van der Waals surface area contributed by atoms with Crippen LogP contribution in [0.2, 0.25) is 0 Å². The highest BCUT2D eigenvalue weighted by Gasteiger charge is 2.06. The summed E-state index contributed by atoms with van der Waals surface area (Å²) in [5.41, 5.74) is 3.71. The molecule has 132 valence electrons. The van der Waals surface area contributed by atoms with E-state index in [2.05, 4.69) is 54.3 Å². The molecule has 1 N–H and O–H groups in total. The van der Waals surface area contributed by atoms with Crippen molar-refractivity contribution < 1.29 is 0 Å². The van der Waals surface area contributed by atoms with Crippen molar-refractivity contribution in [2.75, 3.05) is 5.32 Å². The molecule has 0 spiro atoms. The van der Waals surface area contributed by atoms with Crippen LogP contribution in [0.25, 0.3) is 10.9 Å². The molecule has 0 bridgehead atoms. The second kappa shape index (κ2) is 8.03. The summed E-state index contributed by atoms with van der Waals surface area (Å²) in [4.78, 5) is 9.42. The Labute approximate surface area is 174 Å². The molecule has 4 aromatic rings. The molecule has 4 rings (SSSR count). The van der Waals surface area contributed by atoms with Gasteiger partial charge >= 0.3 is 0 Å². The van der Waals surface area contributed by atoms with E-state index in [-0.39, 0.29) is 0 Å². The summed E-state index contributed by atoms with van der Waals surface area (Å²) in [6.45, 7) is 0. The molecule has 0 radical (unpaired) electrons. The SMILES string of the molecule is Brc1cccc(N=Cc2cc3ccccc3nc2Nc2cccc(Br)c2)c1. The van der Waals surface area contributed by atoms with Crippen molar-refractivity contribution in [2.45, 2.75) is 0 Å². The van der Waals surface area contributed by atoms with Gasteiger partial charge in [-0.05, 0) is 48.5 Å². The Morgan fingerprint density at radius 3 is 2.41 bits per heavy atom. The molecule has 1 aromatic heterocycles. The number of halogens is 2. The minimum Gasteiger partial charge on any atom is -0.340 e. The second-order valence-corrected chi connectivity index (χ2v) is 7.82. The smallest absolute Gasteiger partial charge is 0.139 e. The van der Waals surface area contributed by atoms with E-state index in [0.29, 0.717) is 0 Å². The van der Waals surface area contributed by atoms with Crippen LogP contribution in [-0.2, 0) is 0 Å². The molecule has 0 aliphatic rings. The monoisotopic (exact) mass is 479 g/mol. The molecule has 0 aliphatic carbocycles. The number of pyridine rings is 1. The van der Waals surface area contributed by atoms with Crippen LogP contribution in [0, 0.1) is 0 Å². The molecule has 0 amide bonds. The number of rotatable bonds is 4. The molecule has 1 heterocycles. The number of aromatic nitrogens is 1. The van der Waals surface area contributed by atoms with Gasteiger partial charge in [0.2, 0.25) is 0 Å².